The number of carbonyl (C=O) groups excluding carboxylic acids is 2. The number of rotatable bonds is 4. The molecular formula is C24H18FNO2. The minimum Gasteiger partial charge on any atom is -0.289 e. The van der Waals surface area contributed by atoms with E-state index >= 15 is 0 Å². The van der Waals surface area contributed by atoms with Crippen LogP contribution in [0.1, 0.15) is 28.8 Å². The highest BCUT2D eigenvalue weighted by Gasteiger charge is 2.32. The molecule has 1 heterocycles. The lowest BCUT2D eigenvalue weighted by atomic mass is 9.90. The van der Waals surface area contributed by atoms with E-state index in [1.165, 1.54) is 17.0 Å². The molecule has 3 aromatic carbocycles. The summed E-state index contributed by atoms with van der Waals surface area (Å²) in [6.45, 7) is 0. The van der Waals surface area contributed by atoms with Crippen LogP contribution < -0.4 is 4.90 Å². The van der Waals surface area contributed by atoms with Gasteiger partial charge in [0.15, 0.2) is 5.78 Å². The molecule has 0 radical (unpaired) electrons. The van der Waals surface area contributed by atoms with Gasteiger partial charge in [0.25, 0.3) is 0 Å². The third kappa shape index (κ3) is 3.37. The molecule has 0 saturated heterocycles. The van der Waals surface area contributed by atoms with Crippen molar-refractivity contribution in [2.45, 2.75) is 12.8 Å². The minimum absolute atomic E-state index is 0.117. The molecule has 0 atom stereocenters. The fraction of sp³-hybridized carbons (Fsp3) is 0.0833. The molecule has 1 aliphatic rings. The van der Waals surface area contributed by atoms with E-state index in [1.54, 1.807) is 24.3 Å². The van der Waals surface area contributed by atoms with E-state index in [0.717, 1.165) is 5.56 Å². The molecule has 0 aromatic heterocycles. The van der Waals surface area contributed by atoms with E-state index in [2.05, 4.69) is 0 Å². The topological polar surface area (TPSA) is 37.4 Å². The lowest BCUT2D eigenvalue weighted by Crippen LogP contribution is -2.35. The predicted molar refractivity (Wildman–Crippen MR) is 107 cm³/mol. The monoisotopic (exact) mass is 371 g/mol. The van der Waals surface area contributed by atoms with Crippen LogP contribution in [0.2, 0.25) is 0 Å². The van der Waals surface area contributed by atoms with Crippen LogP contribution in [0.4, 0.5) is 10.1 Å². The van der Waals surface area contributed by atoms with Crippen LogP contribution >= 0.6 is 0 Å². The molecule has 0 fully saturated rings. The molecule has 4 rings (SSSR count). The SMILES string of the molecule is O=C(C1=C(c2ccccc2)N(c2cccc(F)c2)C(=O)CC1)c1ccccc1. The highest BCUT2D eigenvalue weighted by atomic mass is 19.1. The maximum Gasteiger partial charge on any atom is 0.231 e. The van der Waals surface area contributed by atoms with Crippen LogP contribution in [0.15, 0.2) is 90.5 Å². The third-order valence-corrected chi connectivity index (χ3v) is 4.77. The molecular weight excluding hydrogens is 353 g/mol. The number of hydrogen-bond donors (Lipinski definition) is 0. The van der Waals surface area contributed by atoms with Crippen LogP contribution in [0.5, 0.6) is 0 Å². The highest BCUT2D eigenvalue weighted by Crippen LogP contribution is 2.36. The molecule has 1 aliphatic heterocycles. The average Bonchev–Trinajstić information content (AvgIpc) is 2.74. The fourth-order valence-electron chi connectivity index (χ4n) is 3.49. The van der Waals surface area contributed by atoms with Crippen molar-refractivity contribution in [1.29, 1.82) is 0 Å². The molecule has 1 amide bonds. The summed E-state index contributed by atoms with van der Waals surface area (Å²) in [7, 11) is 0. The summed E-state index contributed by atoms with van der Waals surface area (Å²) >= 11 is 0. The molecule has 0 aliphatic carbocycles. The van der Waals surface area contributed by atoms with Gasteiger partial charge in [0.2, 0.25) is 5.91 Å². The van der Waals surface area contributed by atoms with Gasteiger partial charge in [-0.2, -0.15) is 0 Å². The molecule has 3 nitrogen and oxygen atoms in total. The van der Waals surface area contributed by atoms with Gasteiger partial charge in [-0.25, -0.2) is 4.39 Å². The van der Waals surface area contributed by atoms with Gasteiger partial charge in [-0.3, -0.25) is 14.5 Å². The molecule has 0 unspecified atom stereocenters. The number of carbonyl (C=O) groups is 2. The number of ketones is 1. The van der Waals surface area contributed by atoms with Gasteiger partial charge in [-0.05, 0) is 30.2 Å². The Hall–Kier alpha value is -3.53. The number of allylic oxidation sites excluding steroid dienone is 1. The van der Waals surface area contributed by atoms with Crippen molar-refractivity contribution in [1.82, 2.24) is 0 Å². The molecule has 4 heteroatoms. The Morgan fingerprint density at radius 3 is 2.18 bits per heavy atom. The second-order valence-corrected chi connectivity index (χ2v) is 6.60. The number of amides is 1. The van der Waals surface area contributed by atoms with E-state index in [1.807, 2.05) is 48.5 Å². The Labute approximate surface area is 162 Å². The molecule has 3 aromatic rings. The van der Waals surface area contributed by atoms with Crippen molar-refractivity contribution < 1.29 is 14.0 Å². The van der Waals surface area contributed by atoms with E-state index in [0.29, 0.717) is 28.9 Å². The van der Waals surface area contributed by atoms with Crippen molar-refractivity contribution >= 4 is 23.1 Å². The summed E-state index contributed by atoms with van der Waals surface area (Å²) in [4.78, 5) is 27.6. The van der Waals surface area contributed by atoms with Crippen LogP contribution in [0.3, 0.4) is 0 Å². The van der Waals surface area contributed by atoms with Crippen molar-refractivity contribution in [3.8, 4) is 0 Å². The van der Waals surface area contributed by atoms with E-state index < -0.39 is 5.82 Å². The summed E-state index contributed by atoms with van der Waals surface area (Å²) in [5.41, 5.74) is 2.82. The number of anilines is 1. The smallest absolute Gasteiger partial charge is 0.231 e. The Kier molecular flexibility index (Phi) is 4.85. The molecule has 138 valence electrons. The zero-order valence-corrected chi connectivity index (χ0v) is 15.1. The Bertz CT molecular complexity index is 1060. The summed E-state index contributed by atoms with van der Waals surface area (Å²) in [6.07, 6.45) is 0.545. The van der Waals surface area contributed by atoms with Crippen molar-refractivity contribution in [2.75, 3.05) is 4.90 Å². The second kappa shape index (κ2) is 7.61. The fourth-order valence-corrected chi connectivity index (χ4v) is 3.49. The van der Waals surface area contributed by atoms with Crippen LogP contribution in [0, 0.1) is 5.82 Å². The molecule has 0 saturated carbocycles. The lowest BCUT2D eigenvalue weighted by Gasteiger charge is -2.32. The van der Waals surface area contributed by atoms with E-state index in [-0.39, 0.29) is 18.1 Å². The third-order valence-electron chi connectivity index (χ3n) is 4.77. The molecule has 0 N–H and O–H groups in total. The normalized spacial score (nSPS) is 14.3. The minimum atomic E-state index is -0.431. The Balaban J connectivity index is 1.94. The molecule has 28 heavy (non-hydrogen) atoms. The number of benzene rings is 3. The maximum atomic E-state index is 13.9. The first-order valence-corrected chi connectivity index (χ1v) is 9.12. The molecule has 0 spiro atoms. The first-order chi connectivity index (χ1) is 13.6. The summed E-state index contributed by atoms with van der Waals surface area (Å²) in [5.74, 6) is -0.707. The van der Waals surface area contributed by atoms with Crippen molar-refractivity contribution in [3.05, 3.63) is 107 Å². The quantitative estimate of drug-likeness (QED) is 0.588. The van der Waals surface area contributed by atoms with E-state index in [4.69, 9.17) is 0 Å². The van der Waals surface area contributed by atoms with Gasteiger partial charge in [-0.15, -0.1) is 0 Å². The average molecular weight is 371 g/mol. The Morgan fingerprint density at radius 1 is 0.821 bits per heavy atom. The zero-order valence-electron chi connectivity index (χ0n) is 15.1. The van der Waals surface area contributed by atoms with Crippen LogP contribution in [0.25, 0.3) is 5.70 Å². The summed E-state index contributed by atoms with van der Waals surface area (Å²) in [6, 6.07) is 24.2. The number of halogens is 1. The van der Waals surface area contributed by atoms with E-state index in [9.17, 15) is 14.0 Å². The summed E-state index contributed by atoms with van der Waals surface area (Å²) < 4.78 is 13.9. The first-order valence-electron chi connectivity index (χ1n) is 9.12. The van der Waals surface area contributed by atoms with Crippen LogP contribution in [-0.2, 0) is 4.79 Å². The first kappa shape index (κ1) is 17.9. The Morgan fingerprint density at radius 2 is 1.50 bits per heavy atom. The van der Waals surface area contributed by atoms with Crippen LogP contribution in [-0.4, -0.2) is 11.7 Å². The lowest BCUT2D eigenvalue weighted by molar-refractivity contribution is -0.118. The van der Waals surface area contributed by atoms with Gasteiger partial charge in [0, 0.05) is 17.6 Å². The van der Waals surface area contributed by atoms with Crippen molar-refractivity contribution in [3.63, 3.8) is 0 Å². The van der Waals surface area contributed by atoms with Gasteiger partial charge in [0.05, 0.1) is 11.4 Å². The standard InChI is InChI=1S/C24H18FNO2/c25-19-12-7-13-20(16-19)26-22(27)15-14-21(23(26)17-8-3-1-4-9-17)24(28)18-10-5-2-6-11-18/h1-13,16H,14-15H2. The van der Waals surface area contributed by atoms with Gasteiger partial charge in [0.1, 0.15) is 5.82 Å². The number of hydrogen-bond acceptors (Lipinski definition) is 2. The van der Waals surface area contributed by atoms with Gasteiger partial charge >= 0.3 is 0 Å². The van der Waals surface area contributed by atoms with Gasteiger partial charge < -0.3 is 0 Å². The summed E-state index contributed by atoms with van der Waals surface area (Å²) in [5, 5.41) is 0. The highest BCUT2D eigenvalue weighted by molar-refractivity contribution is 6.20. The van der Waals surface area contributed by atoms with Gasteiger partial charge in [-0.1, -0.05) is 66.7 Å². The zero-order chi connectivity index (χ0) is 19.5. The molecule has 0 bridgehead atoms. The second-order valence-electron chi connectivity index (χ2n) is 6.60. The van der Waals surface area contributed by atoms with Crippen molar-refractivity contribution in [2.24, 2.45) is 0 Å². The largest absolute Gasteiger partial charge is 0.289 e. The maximum absolute atomic E-state index is 13.9. The predicted octanol–water partition coefficient (Wildman–Crippen LogP) is 5.25. The number of nitrogens with zero attached hydrogens (tertiary/aromatic N) is 1. The number of Topliss-reactive ketones (excluding diaryl/α,β-unsaturated/α-hetero) is 1.